The van der Waals surface area contributed by atoms with E-state index >= 15 is 0 Å². The third kappa shape index (κ3) is 2.79. The summed E-state index contributed by atoms with van der Waals surface area (Å²) in [6.45, 7) is 0.230. The second kappa shape index (κ2) is 6.37. The van der Waals surface area contributed by atoms with Gasteiger partial charge in [-0.1, -0.05) is 5.16 Å². The third-order valence-corrected chi connectivity index (χ3v) is 5.23. The van der Waals surface area contributed by atoms with Crippen molar-refractivity contribution in [3.8, 4) is 22.8 Å². The number of aromatic nitrogens is 1. The van der Waals surface area contributed by atoms with Crippen LogP contribution in [0.1, 0.15) is 17.2 Å². The van der Waals surface area contributed by atoms with Gasteiger partial charge in [0.25, 0.3) is 0 Å². The average Bonchev–Trinajstić information content (AvgIpc) is 3.05. The van der Waals surface area contributed by atoms with Crippen molar-refractivity contribution in [3.63, 3.8) is 0 Å². The standard InChI is InChI=1S/C21H17FN2O4/c1-26-13-5-2-11(3-6-13)16-9-14(28-24-16)10-23-21(25)19-18-15-8-12(22)4-7-17(15)27-20(18)19/h2-9,18-20H,10H2,1H3,(H,23,25). The lowest BCUT2D eigenvalue weighted by Crippen LogP contribution is -2.27. The van der Waals surface area contributed by atoms with Crippen LogP contribution in [0.25, 0.3) is 11.3 Å². The molecule has 1 amide bonds. The number of amides is 1. The minimum atomic E-state index is -0.318. The van der Waals surface area contributed by atoms with Crippen molar-refractivity contribution in [1.82, 2.24) is 10.5 Å². The van der Waals surface area contributed by atoms with Crippen molar-refractivity contribution < 1.29 is 23.2 Å². The summed E-state index contributed by atoms with van der Waals surface area (Å²) in [5, 5.41) is 6.90. The quantitative estimate of drug-likeness (QED) is 0.735. The number of fused-ring (bicyclic) bond motifs is 3. The third-order valence-electron chi connectivity index (χ3n) is 5.23. The van der Waals surface area contributed by atoms with Crippen LogP contribution in [0.2, 0.25) is 0 Å². The lowest BCUT2D eigenvalue weighted by atomic mass is 10.1. The molecule has 1 N–H and O–H groups in total. The lowest BCUT2D eigenvalue weighted by molar-refractivity contribution is -0.123. The Balaban J connectivity index is 1.21. The van der Waals surface area contributed by atoms with Gasteiger partial charge in [0.15, 0.2) is 5.76 Å². The van der Waals surface area contributed by atoms with Gasteiger partial charge >= 0.3 is 0 Å². The molecule has 3 atom stereocenters. The number of hydrogen-bond acceptors (Lipinski definition) is 5. The molecular formula is C21H17FN2O4. The largest absolute Gasteiger partial charge is 0.497 e. The molecule has 0 radical (unpaired) electrons. The molecule has 0 saturated heterocycles. The highest BCUT2D eigenvalue weighted by Gasteiger charge is 2.62. The number of methoxy groups -OCH3 is 1. The normalized spacial score (nSPS) is 21.4. The topological polar surface area (TPSA) is 73.6 Å². The first-order valence-electron chi connectivity index (χ1n) is 8.98. The molecule has 1 aromatic heterocycles. The Kier molecular flexibility index (Phi) is 3.82. The van der Waals surface area contributed by atoms with Crippen LogP contribution in [0.5, 0.6) is 11.5 Å². The van der Waals surface area contributed by atoms with E-state index in [4.69, 9.17) is 14.0 Å². The van der Waals surface area contributed by atoms with Gasteiger partial charge in [-0.05, 0) is 42.5 Å². The maximum atomic E-state index is 13.5. The van der Waals surface area contributed by atoms with E-state index in [1.165, 1.54) is 12.1 Å². The molecule has 7 heteroatoms. The van der Waals surface area contributed by atoms with E-state index in [0.717, 1.165) is 16.9 Å². The van der Waals surface area contributed by atoms with Crippen LogP contribution >= 0.6 is 0 Å². The number of halogens is 1. The molecule has 3 unspecified atom stereocenters. The monoisotopic (exact) mass is 380 g/mol. The maximum absolute atomic E-state index is 13.5. The zero-order valence-corrected chi connectivity index (χ0v) is 15.0. The van der Waals surface area contributed by atoms with Crippen LogP contribution in [-0.4, -0.2) is 24.3 Å². The fourth-order valence-electron chi connectivity index (χ4n) is 3.73. The second-order valence-corrected chi connectivity index (χ2v) is 6.94. The van der Waals surface area contributed by atoms with E-state index in [9.17, 15) is 9.18 Å². The van der Waals surface area contributed by atoms with E-state index in [2.05, 4.69) is 10.5 Å². The molecule has 2 aliphatic rings. The molecule has 3 aromatic rings. The van der Waals surface area contributed by atoms with Gasteiger partial charge in [-0.3, -0.25) is 4.79 Å². The lowest BCUT2D eigenvalue weighted by Gasteiger charge is -2.08. The van der Waals surface area contributed by atoms with Gasteiger partial charge in [0.2, 0.25) is 5.91 Å². The van der Waals surface area contributed by atoms with E-state index in [1.54, 1.807) is 19.2 Å². The highest BCUT2D eigenvalue weighted by molar-refractivity contribution is 5.85. The molecule has 2 aromatic carbocycles. The molecule has 1 saturated carbocycles. The van der Waals surface area contributed by atoms with Gasteiger partial charge in [0.05, 0.1) is 19.6 Å². The molecule has 1 fully saturated rings. The molecule has 5 rings (SSSR count). The Labute approximate surface area is 160 Å². The smallest absolute Gasteiger partial charge is 0.228 e. The minimum Gasteiger partial charge on any atom is -0.497 e. The van der Waals surface area contributed by atoms with E-state index in [0.29, 0.717) is 17.2 Å². The van der Waals surface area contributed by atoms with Gasteiger partial charge < -0.3 is 19.3 Å². The van der Waals surface area contributed by atoms with Gasteiger partial charge in [0.1, 0.15) is 29.1 Å². The Hall–Kier alpha value is -3.35. The summed E-state index contributed by atoms with van der Waals surface area (Å²) in [7, 11) is 1.61. The van der Waals surface area contributed by atoms with Crippen LogP contribution < -0.4 is 14.8 Å². The van der Waals surface area contributed by atoms with E-state index in [-0.39, 0.29) is 36.2 Å². The molecule has 0 spiro atoms. The molecule has 1 aliphatic heterocycles. The predicted octanol–water partition coefficient (Wildman–Crippen LogP) is 3.28. The first-order chi connectivity index (χ1) is 13.6. The summed E-state index contributed by atoms with van der Waals surface area (Å²) in [5.74, 6) is 1.17. The number of hydrogen-bond donors (Lipinski definition) is 1. The summed E-state index contributed by atoms with van der Waals surface area (Å²) >= 11 is 0. The highest BCUT2D eigenvalue weighted by Crippen LogP contribution is 2.58. The van der Waals surface area contributed by atoms with Crippen molar-refractivity contribution in [1.29, 1.82) is 0 Å². The van der Waals surface area contributed by atoms with Crippen molar-refractivity contribution in [2.24, 2.45) is 5.92 Å². The van der Waals surface area contributed by atoms with Gasteiger partial charge in [-0.15, -0.1) is 0 Å². The highest BCUT2D eigenvalue weighted by atomic mass is 19.1. The van der Waals surface area contributed by atoms with Crippen molar-refractivity contribution >= 4 is 5.91 Å². The molecule has 142 valence electrons. The maximum Gasteiger partial charge on any atom is 0.228 e. The van der Waals surface area contributed by atoms with Crippen LogP contribution in [0.15, 0.2) is 53.1 Å². The predicted molar refractivity (Wildman–Crippen MR) is 97.4 cm³/mol. The van der Waals surface area contributed by atoms with Gasteiger partial charge in [-0.25, -0.2) is 4.39 Å². The molecule has 28 heavy (non-hydrogen) atoms. The fraction of sp³-hybridized carbons (Fsp3) is 0.238. The number of carbonyl (C=O) groups excluding carboxylic acids is 1. The Morgan fingerprint density at radius 2 is 2.04 bits per heavy atom. The number of ether oxygens (including phenoxy) is 2. The SMILES string of the molecule is COc1ccc(-c2cc(CNC(=O)C3C4Oc5ccc(F)cc5C43)on2)cc1. The van der Waals surface area contributed by atoms with Gasteiger partial charge in [-0.2, -0.15) is 0 Å². The molecule has 6 nitrogen and oxygen atoms in total. The van der Waals surface area contributed by atoms with Crippen LogP contribution in [0, 0.1) is 11.7 Å². The number of carbonyl (C=O) groups is 1. The van der Waals surface area contributed by atoms with Crippen molar-refractivity contribution in [2.75, 3.05) is 7.11 Å². The summed E-state index contributed by atoms with van der Waals surface area (Å²) in [6, 6.07) is 13.7. The minimum absolute atomic E-state index is 0.0738. The first kappa shape index (κ1) is 16.8. The Morgan fingerprint density at radius 3 is 2.82 bits per heavy atom. The average molecular weight is 380 g/mol. The molecular weight excluding hydrogens is 363 g/mol. The zero-order valence-electron chi connectivity index (χ0n) is 15.0. The van der Waals surface area contributed by atoms with Crippen molar-refractivity contribution in [3.05, 3.63) is 65.7 Å². The van der Waals surface area contributed by atoms with Crippen LogP contribution in [0.3, 0.4) is 0 Å². The Bertz CT molecular complexity index is 1050. The first-order valence-corrected chi connectivity index (χ1v) is 8.98. The zero-order chi connectivity index (χ0) is 19.3. The number of rotatable bonds is 5. The number of benzene rings is 2. The number of nitrogens with zero attached hydrogens (tertiary/aromatic N) is 1. The number of nitrogens with one attached hydrogen (secondary N) is 1. The second-order valence-electron chi connectivity index (χ2n) is 6.94. The van der Waals surface area contributed by atoms with E-state index in [1.807, 2.05) is 24.3 Å². The molecule has 0 bridgehead atoms. The summed E-state index contributed by atoms with van der Waals surface area (Å²) in [6.07, 6.45) is -0.207. The molecule has 2 heterocycles. The molecule has 1 aliphatic carbocycles. The van der Waals surface area contributed by atoms with Crippen LogP contribution in [-0.2, 0) is 11.3 Å². The van der Waals surface area contributed by atoms with Crippen LogP contribution in [0.4, 0.5) is 4.39 Å². The summed E-state index contributed by atoms with van der Waals surface area (Å²) in [4.78, 5) is 12.5. The fourth-order valence-corrected chi connectivity index (χ4v) is 3.73. The van der Waals surface area contributed by atoms with E-state index < -0.39 is 0 Å². The van der Waals surface area contributed by atoms with Gasteiger partial charge in [0, 0.05) is 23.1 Å². The van der Waals surface area contributed by atoms with Crippen molar-refractivity contribution in [2.45, 2.75) is 18.6 Å². The summed E-state index contributed by atoms with van der Waals surface area (Å²) in [5.41, 5.74) is 2.35. The summed E-state index contributed by atoms with van der Waals surface area (Å²) < 4.78 is 29.6. The Morgan fingerprint density at radius 1 is 1.21 bits per heavy atom.